The van der Waals surface area contributed by atoms with Gasteiger partial charge in [-0.25, -0.2) is 10.2 Å². The maximum atomic E-state index is 12.2. The summed E-state index contributed by atoms with van der Waals surface area (Å²) in [5, 5.41) is 21.4. The zero-order valence-corrected chi connectivity index (χ0v) is 15.1. The minimum atomic E-state index is -1.25. The highest BCUT2D eigenvalue weighted by Gasteiger charge is 2.24. The summed E-state index contributed by atoms with van der Waals surface area (Å²) in [5.41, 5.74) is 5.63. The summed E-state index contributed by atoms with van der Waals surface area (Å²) in [4.78, 5) is 40.5. The van der Waals surface area contributed by atoms with Crippen LogP contribution in [0.25, 0.3) is 0 Å². The molecule has 0 radical (unpaired) electrons. The Hall–Kier alpha value is -2.57. The smallest absolute Gasteiger partial charge is 0.292 e. The van der Waals surface area contributed by atoms with E-state index in [1.54, 1.807) is 6.92 Å². The van der Waals surface area contributed by atoms with Gasteiger partial charge in [-0.05, 0) is 13.0 Å². The quantitative estimate of drug-likeness (QED) is 0.172. The zero-order chi connectivity index (χ0) is 19.4. The molecule has 1 amide bonds. The molecule has 5 N–H and O–H groups in total. The molecule has 0 saturated carbocycles. The van der Waals surface area contributed by atoms with Gasteiger partial charge in [-0.15, -0.1) is 11.3 Å². The van der Waals surface area contributed by atoms with Crippen LogP contribution in [0.1, 0.15) is 26.8 Å². The number of thiocarbonyl (C=S) groups is 1. The molecule has 2 aromatic rings. The van der Waals surface area contributed by atoms with Gasteiger partial charge in [-0.3, -0.25) is 14.4 Å². The zero-order valence-electron chi connectivity index (χ0n) is 13.4. The molecule has 0 fully saturated rings. The lowest BCUT2D eigenvalue weighted by atomic mass is 10.1. The SMILES string of the molecule is Cc1nc(C(N)=S)sc1C(=O)CC(=O)C(=O)Nc1ccccc1[NH+]([O-])O. The molecule has 0 spiro atoms. The topological polar surface area (TPSA) is 150 Å². The fourth-order valence-electron chi connectivity index (χ4n) is 2.04. The van der Waals surface area contributed by atoms with Crippen molar-refractivity contribution < 1.29 is 24.8 Å². The van der Waals surface area contributed by atoms with Crippen LogP contribution in [0.2, 0.25) is 0 Å². The van der Waals surface area contributed by atoms with Gasteiger partial charge in [-0.1, -0.05) is 24.4 Å². The maximum absolute atomic E-state index is 12.2. The number of amides is 1. The van der Waals surface area contributed by atoms with E-state index in [9.17, 15) is 19.6 Å². The van der Waals surface area contributed by atoms with Crippen molar-refractivity contribution in [1.29, 1.82) is 0 Å². The van der Waals surface area contributed by atoms with Crippen LogP contribution < -0.4 is 16.3 Å². The number of hydrogen-bond acceptors (Lipinski definition) is 8. The Kier molecular flexibility index (Phi) is 6.23. The Morgan fingerprint density at radius 3 is 2.62 bits per heavy atom. The number of ketones is 2. The van der Waals surface area contributed by atoms with E-state index in [1.165, 1.54) is 24.3 Å². The summed E-state index contributed by atoms with van der Waals surface area (Å²) in [6.07, 6.45) is -0.680. The van der Waals surface area contributed by atoms with Gasteiger partial charge in [0.1, 0.15) is 10.7 Å². The van der Waals surface area contributed by atoms with E-state index in [4.69, 9.17) is 23.2 Å². The van der Waals surface area contributed by atoms with Crippen molar-refractivity contribution in [3.8, 4) is 0 Å². The molecule has 0 aliphatic heterocycles. The first-order chi connectivity index (χ1) is 12.2. The van der Waals surface area contributed by atoms with Crippen molar-refractivity contribution in [3.05, 3.63) is 45.1 Å². The van der Waals surface area contributed by atoms with Gasteiger partial charge in [0.15, 0.2) is 16.5 Å². The number of carbonyl (C=O) groups is 3. The average Bonchev–Trinajstić information content (AvgIpc) is 2.97. The minimum Gasteiger partial charge on any atom is -0.595 e. The lowest BCUT2D eigenvalue weighted by molar-refractivity contribution is -0.990. The molecule has 0 aliphatic rings. The summed E-state index contributed by atoms with van der Waals surface area (Å²) < 4.78 is 0. The number of para-hydroxylation sites is 2. The molecule has 0 aliphatic carbocycles. The average molecular weight is 394 g/mol. The fourth-order valence-corrected chi connectivity index (χ4v) is 3.06. The van der Waals surface area contributed by atoms with E-state index < -0.39 is 29.1 Å². The highest BCUT2D eigenvalue weighted by molar-refractivity contribution is 7.81. The number of quaternary nitrogens is 1. The van der Waals surface area contributed by atoms with Crippen molar-refractivity contribution in [2.75, 3.05) is 5.32 Å². The molecule has 11 heteroatoms. The van der Waals surface area contributed by atoms with Crippen LogP contribution in [-0.2, 0) is 9.59 Å². The number of aryl methyl sites for hydroxylation is 1. The maximum Gasteiger partial charge on any atom is 0.292 e. The summed E-state index contributed by atoms with van der Waals surface area (Å²) >= 11 is 5.74. The van der Waals surface area contributed by atoms with E-state index in [1.807, 2.05) is 0 Å². The predicted molar refractivity (Wildman–Crippen MR) is 97.5 cm³/mol. The number of nitrogens with one attached hydrogen (secondary N) is 2. The molecular weight excluding hydrogens is 380 g/mol. The molecule has 1 aromatic carbocycles. The monoisotopic (exact) mass is 394 g/mol. The summed E-state index contributed by atoms with van der Waals surface area (Å²) in [6, 6.07) is 5.62. The second-order valence-corrected chi connectivity index (χ2v) is 6.56. The van der Waals surface area contributed by atoms with E-state index in [-0.39, 0.29) is 21.2 Å². The molecule has 1 atom stereocenters. The molecular formula is C15H14N4O5S2. The normalized spacial score (nSPS) is 11.7. The van der Waals surface area contributed by atoms with E-state index in [0.717, 1.165) is 11.3 Å². The number of benzene rings is 1. The van der Waals surface area contributed by atoms with Gasteiger partial charge in [0.25, 0.3) is 5.91 Å². The second kappa shape index (κ2) is 8.21. The van der Waals surface area contributed by atoms with Crippen LogP contribution >= 0.6 is 23.6 Å². The Labute approximate surface area is 157 Å². The Morgan fingerprint density at radius 1 is 1.38 bits per heavy atom. The van der Waals surface area contributed by atoms with Crippen molar-refractivity contribution >= 4 is 57.4 Å². The largest absolute Gasteiger partial charge is 0.595 e. The Balaban J connectivity index is 2.09. The van der Waals surface area contributed by atoms with Crippen molar-refractivity contribution in [1.82, 2.24) is 4.98 Å². The summed E-state index contributed by atoms with van der Waals surface area (Å²) in [5.74, 6) is -2.67. The first-order valence-corrected chi connectivity index (χ1v) is 8.40. The molecule has 136 valence electrons. The van der Waals surface area contributed by atoms with Gasteiger partial charge in [0.05, 0.1) is 17.0 Å². The number of nitrogens with two attached hydrogens (primary N) is 1. The van der Waals surface area contributed by atoms with Crippen LogP contribution in [-0.4, -0.2) is 32.7 Å². The number of rotatable bonds is 7. The second-order valence-electron chi connectivity index (χ2n) is 5.13. The standard InChI is InChI=1S/C15H14N4O5S2/c1-7-12(26-15(17-7)13(16)25)10(20)6-11(21)14(22)18-8-4-2-3-5-9(8)19(23)24/h2-5,19,23H,6H2,1H3,(H2,16,25)(H,18,22). The molecule has 1 heterocycles. The van der Waals surface area contributed by atoms with Crippen LogP contribution in [0, 0.1) is 12.1 Å². The summed E-state index contributed by atoms with van der Waals surface area (Å²) in [6.45, 7) is 1.57. The van der Waals surface area contributed by atoms with Gasteiger partial charge in [-0.2, -0.15) is 5.23 Å². The molecule has 9 nitrogen and oxygen atoms in total. The molecule has 0 saturated heterocycles. The first kappa shape index (κ1) is 19.8. The Morgan fingerprint density at radius 2 is 2.04 bits per heavy atom. The molecule has 0 bridgehead atoms. The number of carbonyl (C=O) groups excluding carboxylic acids is 3. The third-order valence-corrected chi connectivity index (χ3v) is 4.79. The Bertz CT molecular complexity index is 894. The minimum absolute atomic E-state index is 0.0319. The number of aromatic nitrogens is 1. The number of anilines is 1. The number of Topliss-reactive ketones (excluding diaryl/α,β-unsaturated/α-hetero) is 2. The van der Waals surface area contributed by atoms with Crippen LogP contribution in [0.3, 0.4) is 0 Å². The number of nitrogens with zero attached hydrogens (tertiary/aromatic N) is 1. The fraction of sp³-hybridized carbons (Fsp3) is 0.133. The highest BCUT2D eigenvalue weighted by atomic mass is 32.1. The van der Waals surface area contributed by atoms with Gasteiger partial charge >= 0.3 is 0 Å². The molecule has 26 heavy (non-hydrogen) atoms. The van der Waals surface area contributed by atoms with Crippen molar-refractivity contribution in [2.24, 2.45) is 5.73 Å². The third kappa shape index (κ3) is 4.53. The first-order valence-electron chi connectivity index (χ1n) is 7.17. The predicted octanol–water partition coefficient (Wildman–Crippen LogP) is 0.270. The molecule has 1 unspecified atom stereocenters. The number of thiazole rings is 1. The highest BCUT2D eigenvalue weighted by Crippen LogP contribution is 2.20. The van der Waals surface area contributed by atoms with Gasteiger partial charge < -0.3 is 16.3 Å². The van der Waals surface area contributed by atoms with Gasteiger partial charge in [0, 0.05) is 6.07 Å². The van der Waals surface area contributed by atoms with Gasteiger partial charge in [0.2, 0.25) is 5.78 Å². The van der Waals surface area contributed by atoms with E-state index >= 15 is 0 Å². The third-order valence-electron chi connectivity index (χ3n) is 3.24. The van der Waals surface area contributed by atoms with Crippen LogP contribution in [0.15, 0.2) is 24.3 Å². The van der Waals surface area contributed by atoms with Crippen LogP contribution in [0.5, 0.6) is 0 Å². The molecule has 1 aromatic heterocycles. The van der Waals surface area contributed by atoms with E-state index in [2.05, 4.69) is 10.3 Å². The molecule has 2 rings (SSSR count). The summed E-state index contributed by atoms with van der Waals surface area (Å²) in [7, 11) is 0. The lowest BCUT2D eigenvalue weighted by Crippen LogP contribution is -2.99. The van der Waals surface area contributed by atoms with Crippen molar-refractivity contribution in [2.45, 2.75) is 13.3 Å². The lowest BCUT2D eigenvalue weighted by Gasteiger charge is -2.15. The van der Waals surface area contributed by atoms with E-state index in [0.29, 0.717) is 10.7 Å². The van der Waals surface area contributed by atoms with Crippen LogP contribution in [0.4, 0.5) is 11.4 Å². The van der Waals surface area contributed by atoms with Crippen molar-refractivity contribution in [3.63, 3.8) is 0 Å². The number of hydrogen-bond donors (Lipinski definition) is 4.